The summed E-state index contributed by atoms with van der Waals surface area (Å²) < 4.78 is 11.9. The topological polar surface area (TPSA) is 50.8 Å². The standard InChI is InChI=1S/C18H20N2O3/c1-22-16(21)15-10-6-7-20-13(8-10)18-17(15,9-14(20)23-18)11-4-2-3-5-12(11)19-18/h2-5,10,13-15,19H,6-9H2,1H3/t10?,13?,14-,15?,17?,18-/m0/s1. The predicted octanol–water partition coefficient (Wildman–Crippen LogP) is 1.69. The van der Waals surface area contributed by atoms with Gasteiger partial charge in [0.2, 0.25) is 0 Å². The molecule has 4 bridgehead atoms. The lowest BCUT2D eigenvalue weighted by Crippen LogP contribution is -2.72. The van der Waals surface area contributed by atoms with Crippen LogP contribution in [0, 0.1) is 11.8 Å². The van der Waals surface area contributed by atoms with Crippen LogP contribution in [0.15, 0.2) is 24.3 Å². The van der Waals surface area contributed by atoms with Crippen molar-refractivity contribution in [1.29, 1.82) is 0 Å². The van der Waals surface area contributed by atoms with Crippen LogP contribution in [0.4, 0.5) is 5.69 Å². The Morgan fingerprint density at radius 1 is 1.43 bits per heavy atom. The predicted molar refractivity (Wildman–Crippen MR) is 82.7 cm³/mol. The third kappa shape index (κ3) is 1.13. The van der Waals surface area contributed by atoms with Gasteiger partial charge in [0.25, 0.3) is 0 Å². The Hall–Kier alpha value is -1.59. The lowest BCUT2D eigenvalue weighted by molar-refractivity contribution is -0.164. The number of carbonyl (C=O) groups excluding carboxylic acids is 1. The lowest BCUT2D eigenvalue weighted by Gasteiger charge is -2.59. The highest BCUT2D eigenvalue weighted by molar-refractivity contribution is 5.80. The molecule has 0 aromatic heterocycles. The van der Waals surface area contributed by atoms with E-state index < -0.39 is 5.72 Å². The second-order valence-corrected chi connectivity index (χ2v) is 7.69. The van der Waals surface area contributed by atoms with Crippen LogP contribution in [0.3, 0.4) is 0 Å². The van der Waals surface area contributed by atoms with Crippen LogP contribution in [0.5, 0.6) is 0 Å². The molecule has 1 aromatic carbocycles. The van der Waals surface area contributed by atoms with Gasteiger partial charge in [-0.1, -0.05) is 18.2 Å². The summed E-state index contributed by atoms with van der Waals surface area (Å²) in [5, 5.41) is 3.72. The fourth-order valence-electron chi connectivity index (χ4n) is 6.57. The molecular weight excluding hydrogens is 292 g/mol. The van der Waals surface area contributed by atoms with Gasteiger partial charge in [-0.2, -0.15) is 0 Å². The van der Waals surface area contributed by atoms with Crippen LogP contribution in [-0.4, -0.2) is 42.5 Å². The van der Waals surface area contributed by atoms with Gasteiger partial charge in [0.05, 0.1) is 24.5 Å². The Morgan fingerprint density at radius 2 is 2.30 bits per heavy atom. The summed E-state index contributed by atoms with van der Waals surface area (Å²) in [5.41, 5.74) is 1.67. The molecule has 5 nitrogen and oxygen atoms in total. The quantitative estimate of drug-likeness (QED) is 0.800. The molecular formula is C18H20N2O3. The number of ether oxygens (including phenoxy) is 2. The number of benzene rings is 1. The first-order chi connectivity index (χ1) is 11.2. The highest BCUT2D eigenvalue weighted by atomic mass is 16.6. The molecule has 23 heavy (non-hydrogen) atoms. The molecule has 1 N–H and O–H groups in total. The zero-order valence-corrected chi connectivity index (χ0v) is 13.1. The Kier molecular flexibility index (Phi) is 2.07. The van der Waals surface area contributed by atoms with E-state index in [1.165, 1.54) is 12.7 Å². The molecule has 1 saturated carbocycles. The Morgan fingerprint density at radius 3 is 3.17 bits per heavy atom. The van der Waals surface area contributed by atoms with E-state index >= 15 is 0 Å². The summed E-state index contributed by atoms with van der Waals surface area (Å²) in [4.78, 5) is 15.4. The van der Waals surface area contributed by atoms with Gasteiger partial charge < -0.3 is 14.8 Å². The van der Waals surface area contributed by atoms with E-state index in [-0.39, 0.29) is 23.5 Å². The highest BCUT2D eigenvalue weighted by Gasteiger charge is 2.81. The Labute approximate surface area is 134 Å². The number of esters is 1. The largest absolute Gasteiger partial charge is 0.469 e. The number of carbonyl (C=O) groups is 1. The minimum atomic E-state index is -0.447. The molecule has 0 radical (unpaired) electrons. The summed E-state index contributed by atoms with van der Waals surface area (Å²) in [6.07, 6.45) is 3.12. The number of hydrogen-bond donors (Lipinski definition) is 1. The first-order valence-electron chi connectivity index (χ1n) is 8.60. The third-order valence-electron chi connectivity index (χ3n) is 7.19. The summed E-state index contributed by atoms with van der Waals surface area (Å²) in [7, 11) is 1.52. The monoisotopic (exact) mass is 312 g/mol. The van der Waals surface area contributed by atoms with E-state index in [1.807, 2.05) is 0 Å². The van der Waals surface area contributed by atoms with E-state index in [9.17, 15) is 4.79 Å². The molecule has 0 amide bonds. The van der Waals surface area contributed by atoms with Crippen molar-refractivity contribution in [2.75, 3.05) is 19.0 Å². The van der Waals surface area contributed by atoms with Crippen LogP contribution < -0.4 is 5.32 Å². The summed E-state index contributed by atoms with van der Waals surface area (Å²) in [6.45, 7) is 1.03. The first-order valence-corrected chi connectivity index (χ1v) is 8.60. The Bertz CT molecular complexity index is 737. The number of piperidine rings is 2. The van der Waals surface area contributed by atoms with Gasteiger partial charge in [0.1, 0.15) is 6.23 Å². The number of nitrogens with one attached hydrogen (secondary N) is 1. The second kappa shape index (κ2) is 3.73. The average molecular weight is 312 g/mol. The van der Waals surface area contributed by atoms with Crippen molar-refractivity contribution in [3.63, 3.8) is 0 Å². The SMILES string of the molecule is COC(=O)C1C2CCN3C(C2)[C@@]24Nc5ccccc5C12C[C@@H]3O4. The van der Waals surface area contributed by atoms with Crippen molar-refractivity contribution in [2.45, 2.75) is 42.7 Å². The van der Waals surface area contributed by atoms with Gasteiger partial charge in [0, 0.05) is 18.7 Å². The molecule has 120 valence electrons. The van der Waals surface area contributed by atoms with Crippen molar-refractivity contribution >= 4 is 11.7 Å². The number of nitrogens with zero attached hydrogens (tertiary/aromatic N) is 1. The van der Waals surface area contributed by atoms with E-state index in [0.717, 1.165) is 31.5 Å². The van der Waals surface area contributed by atoms with Crippen LogP contribution in [0.2, 0.25) is 0 Å². The molecule has 4 fully saturated rings. The molecule has 1 aromatic rings. The zero-order chi connectivity index (χ0) is 15.4. The molecule has 5 aliphatic rings. The fourth-order valence-corrected chi connectivity index (χ4v) is 6.57. The molecule has 1 spiro atoms. The van der Waals surface area contributed by atoms with Crippen LogP contribution >= 0.6 is 0 Å². The van der Waals surface area contributed by atoms with E-state index in [2.05, 4.69) is 34.5 Å². The molecule has 6 rings (SSSR count). The van der Waals surface area contributed by atoms with Gasteiger partial charge in [-0.15, -0.1) is 0 Å². The number of para-hydroxylation sites is 1. The van der Waals surface area contributed by atoms with E-state index in [0.29, 0.717) is 12.0 Å². The van der Waals surface area contributed by atoms with Gasteiger partial charge in [-0.3, -0.25) is 9.69 Å². The highest BCUT2D eigenvalue weighted by Crippen LogP contribution is 2.71. The average Bonchev–Trinajstić information content (AvgIpc) is 3.16. The van der Waals surface area contributed by atoms with Crippen LogP contribution in [-0.2, 0) is 19.7 Å². The summed E-state index contributed by atoms with van der Waals surface area (Å²) in [6, 6.07) is 8.81. The van der Waals surface area contributed by atoms with Crippen molar-refractivity contribution in [2.24, 2.45) is 11.8 Å². The van der Waals surface area contributed by atoms with Crippen molar-refractivity contribution in [3.8, 4) is 0 Å². The van der Waals surface area contributed by atoms with Crippen molar-refractivity contribution in [3.05, 3.63) is 29.8 Å². The Balaban J connectivity index is 1.66. The first kappa shape index (κ1) is 12.8. The van der Waals surface area contributed by atoms with Crippen LogP contribution in [0.25, 0.3) is 0 Å². The molecule has 5 heteroatoms. The van der Waals surface area contributed by atoms with Crippen molar-refractivity contribution < 1.29 is 14.3 Å². The number of anilines is 1. The van der Waals surface area contributed by atoms with Crippen molar-refractivity contribution in [1.82, 2.24) is 4.90 Å². The second-order valence-electron chi connectivity index (χ2n) is 7.69. The molecule has 4 aliphatic heterocycles. The summed E-state index contributed by atoms with van der Waals surface area (Å²) in [5.74, 6) is 0.232. The van der Waals surface area contributed by atoms with E-state index in [4.69, 9.17) is 9.47 Å². The molecule has 1 aliphatic carbocycles. The zero-order valence-electron chi connectivity index (χ0n) is 13.1. The summed E-state index contributed by atoms with van der Waals surface area (Å²) >= 11 is 0. The van der Waals surface area contributed by atoms with Gasteiger partial charge in [-0.05, 0) is 30.4 Å². The normalized spacial score (nSPS) is 48.0. The molecule has 4 unspecified atom stereocenters. The maximum Gasteiger partial charge on any atom is 0.310 e. The van der Waals surface area contributed by atoms with Gasteiger partial charge in [0.15, 0.2) is 5.72 Å². The van der Waals surface area contributed by atoms with Gasteiger partial charge in [-0.25, -0.2) is 0 Å². The molecule has 4 heterocycles. The maximum absolute atomic E-state index is 12.8. The molecule has 3 saturated heterocycles. The number of hydrogen-bond acceptors (Lipinski definition) is 5. The maximum atomic E-state index is 12.8. The van der Waals surface area contributed by atoms with Gasteiger partial charge >= 0.3 is 5.97 Å². The smallest absolute Gasteiger partial charge is 0.310 e. The number of methoxy groups -OCH3 is 1. The fraction of sp³-hybridized carbons (Fsp3) is 0.611. The minimum absolute atomic E-state index is 0.0593. The molecule has 6 atom stereocenters. The number of fused-ring (bicyclic) bond motifs is 4. The lowest BCUT2D eigenvalue weighted by atomic mass is 9.50. The van der Waals surface area contributed by atoms with E-state index in [1.54, 1.807) is 0 Å². The third-order valence-corrected chi connectivity index (χ3v) is 7.19. The minimum Gasteiger partial charge on any atom is -0.469 e. The van der Waals surface area contributed by atoms with Crippen LogP contribution in [0.1, 0.15) is 24.8 Å². The number of rotatable bonds is 1.